The number of likely N-dealkylation sites (N-methyl/N-ethyl adjacent to an activating group) is 1. The number of anilines is 1. The lowest BCUT2D eigenvalue weighted by Crippen LogP contribution is -2.51. The van der Waals surface area contributed by atoms with Crippen LogP contribution in [-0.2, 0) is 26.7 Å². The summed E-state index contributed by atoms with van der Waals surface area (Å²) in [6.07, 6.45) is 5.28. The second-order valence-corrected chi connectivity index (χ2v) is 12.4. The first kappa shape index (κ1) is 25.6. The number of hydrogen-bond donors (Lipinski definition) is 2. The number of rotatable bonds is 7. The predicted octanol–water partition coefficient (Wildman–Crippen LogP) is 1.53. The molecule has 10 nitrogen and oxygen atoms in total. The van der Waals surface area contributed by atoms with Crippen molar-refractivity contribution in [1.82, 2.24) is 24.2 Å². The Bertz CT molecular complexity index is 1450. The molecule has 5 rings (SSSR count). The summed E-state index contributed by atoms with van der Waals surface area (Å²) in [5, 5.41) is 4.74. The summed E-state index contributed by atoms with van der Waals surface area (Å²) in [6, 6.07) is 9.52. The summed E-state index contributed by atoms with van der Waals surface area (Å²) in [6.45, 7) is 5.63. The van der Waals surface area contributed by atoms with Crippen LogP contribution < -0.4 is 15.4 Å². The van der Waals surface area contributed by atoms with Crippen LogP contribution in [0.25, 0.3) is 5.65 Å². The Labute approximate surface area is 217 Å². The van der Waals surface area contributed by atoms with Crippen molar-refractivity contribution in [2.24, 2.45) is 5.73 Å². The predicted molar refractivity (Wildman–Crippen MR) is 143 cm³/mol. The van der Waals surface area contributed by atoms with E-state index in [2.05, 4.69) is 9.62 Å². The van der Waals surface area contributed by atoms with Gasteiger partial charge in [-0.2, -0.15) is 5.10 Å². The van der Waals surface area contributed by atoms with Crippen molar-refractivity contribution in [2.75, 3.05) is 37.8 Å². The van der Waals surface area contributed by atoms with Gasteiger partial charge in [0.1, 0.15) is 5.82 Å². The Morgan fingerprint density at radius 1 is 1.35 bits per heavy atom. The zero-order valence-electron chi connectivity index (χ0n) is 21.8. The van der Waals surface area contributed by atoms with Gasteiger partial charge in [0.05, 0.1) is 23.4 Å². The van der Waals surface area contributed by atoms with E-state index < -0.39 is 15.4 Å². The summed E-state index contributed by atoms with van der Waals surface area (Å²) in [5.41, 5.74) is 9.54. The average molecular weight is 526 g/mol. The molecule has 1 aromatic carbocycles. The fraction of sp³-hybridized carbons (Fsp3) is 0.500. The second kappa shape index (κ2) is 9.38. The van der Waals surface area contributed by atoms with E-state index in [0.29, 0.717) is 12.1 Å². The van der Waals surface area contributed by atoms with E-state index in [9.17, 15) is 13.2 Å². The summed E-state index contributed by atoms with van der Waals surface area (Å²) in [4.78, 5) is 22.9. The van der Waals surface area contributed by atoms with Crippen LogP contribution in [0.5, 0.6) is 0 Å². The Morgan fingerprint density at radius 2 is 2.11 bits per heavy atom. The molecule has 3 atom stereocenters. The van der Waals surface area contributed by atoms with Crippen LogP contribution in [0, 0.1) is 6.92 Å². The molecule has 0 bridgehead atoms. The van der Waals surface area contributed by atoms with Crippen LogP contribution >= 0.6 is 0 Å². The highest BCUT2D eigenvalue weighted by atomic mass is 32.2. The third kappa shape index (κ3) is 4.71. The van der Waals surface area contributed by atoms with E-state index in [4.69, 9.17) is 15.8 Å². The number of fused-ring (bicyclic) bond motifs is 2. The SMILES string of the molecule is Cc1cn2nc([C@H](C)N(C)C(=O)C3(CNS(C)(=O)=O)CCc4ccccc43)cc2nc1N1CC[C@H](N)C1. The summed E-state index contributed by atoms with van der Waals surface area (Å²) in [7, 11) is -1.72. The number of nitrogens with zero attached hydrogens (tertiary/aromatic N) is 5. The number of sulfonamides is 1. The zero-order valence-corrected chi connectivity index (χ0v) is 22.6. The molecule has 1 aliphatic carbocycles. The standard InChI is InChI=1S/C26H35N7O3S/c1-17-14-33-23(29-24(17)32-12-10-20(27)15-32)13-22(30-33)18(2)31(3)25(34)26(16-28-37(4,35)36)11-9-19-7-5-6-8-21(19)26/h5-8,13-14,18,20,28H,9-12,15-16,27H2,1-4H3/t18-,20-,26?/m0/s1. The number of carbonyl (C=O) groups excluding carboxylic acids is 1. The number of aromatic nitrogens is 3. The molecule has 198 valence electrons. The largest absolute Gasteiger partial charge is 0.355 e. The Kier molecular flexibility index (Phi) is 6.49. The fourth-order valence-corrected chi connectivity index (χ4v) is 6.17. The van der Waals surface area contributed by atoms with Gasteiger partial charge in [-0.3, -0.25) is 4.79 Å². The molecular formula is C26H35N7O3S. The number of carbonyl (C=O) groups is 1. The summed E-state index contributed by atoms with van der Waals surface area (Å²) >= 11 is 0. The van der Waals surface area contributed by atoms with Gasteiger partial charge in [-0.05, 0) is 44.2 Å². The zero-order chi connectivity index (χ0) is 26.5. The van der Waals surface area contributed by atoms with Crippen LogP contribution in [0.3, 0.4) is 0 Å². The lowest BCUT2D eigenvalue weighted by molar-refractivity contribution is -0.138. The smallest absolute Gasteiger partial charge is 0.234 e. The van der Waals surface area contributed by atoms with Crippen LogP contribution in [0.15, 0.2) is 36.5 Å². The van der Waals surface area contributed by atoms with E-state index in [1.165, 1.54) is 0 Å². The first-order valence-electron chi connectivity index (χ1n) is 12.7. The lowest BCUT2D eigenvalue weighted by Gasteiger charge is -2.35. The van der Waals surface area contributed by atoms with Crippen molar-refractivity contribution in [3.05, 3.63) is 58.9 Å². The van der Waals surface area contributed by atoms with Crippen molar-refractivity contribution in [3.63, 3.8) is 0 Å². The van der Waals surface area contributed by atoms with Gasteiger partial charge in [-0.1, -0.05) is 24.3 Å². The van der Waals surface area contributed by atoms with Crippen molar-refractivity contribution in [2.45, 2.75) is 50.6 Å². The number of nitrogens with one attached hydrogen (secondary N) is 1. The monoisotopic (exact) mass is 525 g/mol. The van der Waals surface area contributed by atoms with Gasteiger partial charge in [-0.15, -0.1) is 0 Å². The highest BCUT2D eigenvalue weighted by Gasteiger charge is 2.47. The van der Waals surface area contributed by atoms with Crippen molar-refractivity contribution in [1.29, 1.82) is 0 Å². The molecule has 2 aromatic heterocycles. The molecule has 0 spiro atoms. The fourth-order valence-electron chi connectivity index (χ4n) is 5.66. The number of benzene rings is 1. The molecule has 1 amide bonds. The number of amides is 1. The van der Waals surface area contributed by atoms with E-state index in [1.54, 1.807) is 16.5 Å². The first-order chi connectivity index (χ1) is 17.5. The van der Waals surface area contributed by atoms with E-state index >= 15 is 0 Å². The van der Waals surface area contributed by atoms with Crippen molar-refractivity contribution < 1.29 is 13.2 Å². The van der Waals surface area contributed by atoms with Gasteiger partial charge < -0.3 is 15.5 Å². The third-order valence-corrected chi connectivity index (χ3v) is 8.55. The van der Waals surface area contributed by atoms with Crippen LogP contribution in [0.2, 0.25) is 0 Å². The maximum atomic E-state index is 14.1. The van der Waals surface area contributed by atoms with E-state index in [1.807, 2.05) is 50.4 Å². The Balaban J connectivity index is 1.45. The molecule has 1 saturated heterocycles. The molecule has 3 aromatic rings. The minimum atomic E-state index is -3.48. The van der Waals surface area contributed by atoms with Gasteiger partial charge in [0.15, 0.2) is 5.65 Å². The van der Waals surface area contributed by atoms with Crippen LogP contribution in [0.4, 0.5) is 5.82 Å². The first-order valence-corrected chi connectivity index (χ1v) is 14.6. The maximum Gasteiger partial charge on any atom is 0.234 e. The topological polar surface area (TPSA) is 126 Å². The number of nitrogens with two attached hydrogens (primary N) is 1. The molecule has 37 heavy (non-hydrogen) atoms. The molecule has 0 radical (unpaired) electrons. The van der Waals surface area contributed by atoms with E-state index in [0.717, 1.165) is 60.4 Å². The Hall–Kier alpha value is -3.02. The molecule has 1 fully saturated rings. The lowest BCUT2D eigenvalue weighted by atomic mass is 9.80. The highest BCUT2D eigenvalue weighted by molar-refractivity contribution is 7.88. The molecule has 0 saturated carbocycles. The van der Waals surface area contributed by atoms with Crippen LogP contribution in [-0.4, -0.2) is 72.8 Å². The van der Waals surface area contributed by atoms with Crippen molar-refractivity contribution in [3.8, 4) is 0 Å². The minimum Gasteiger partial charge on any atom is -0.355 e. The number of aryl methyl sites for hydroxylation is 2. The average Bonchev–Trinajstić information content (AvgIpc) is 3.57. The van der Waals surface area contributed by atoms with Gasteiger partial charge in [0, 0.05) is 50.6 Å². The highest BCUT2D eigenvalue weighted by Crippen LogP contribution is 2.41. The molecule has 2 aliphatic rings. The summed E-state index contributed by atoms with van der Waals surface area (Å²) < 4.78 is 28.3. The third-order valence-electron chi connectivity index (χ3n) is 7.88. The van der Waals surface area contributed by atoms with Crippen molar-refractivity contribution >= 4 is 27.4 Å². The van der Waals surface area contributed by atoms with Gasteiger partial charge >= 0.3 is 0 Å². The molecule has 1 aliphatic heterocycles. The van der Waals surface area contributed by atoms with E-state index in [-0.39, 0.29) is 24.5 Å². The van der Waals surface area contributed by atoms with Gasteiger partial charge in [-0.25, -0.2) is 22.6 Å². The number of hydrogen-bond acceptors (Lipinski definition) is 7. The molecule has 1 unspecified atom stereocenters. The quantitative estimate of drug-likeness (QED) is 0.479. The minimum absolute atomic E-state index is 0.0198. The molecule has 3 N–H and O–H groups in total. The van der Waals surface area contributed by atoms with Gasteiger partial charge in [0.2, 0.25) is 15.9 Å². The molecular weight excluding hydrogens is 490 g/mol. The van der Waals surface area contributed by atoms with Gasteiger partial charge in [0.25, 0.3) is 0 Å². The second-order valence-electron chi connectivity index (χ2n) is 10.5. The molecule has 3 heterocycles. The maximum absolute atomic E-state index is 14.1. The van der Waals surface area contributed by atoms with Crippen LogP contribution in [0.1, 0.15) is 48.2 Å². The normalized spacial score (nSPS) is 22.4. The summed E-state index contributed by atoms with van der Waals surface area (Å²) in [5.74, 6) is 0.784. The Morgan fingerprint density at radius 3 is 2.81 bits per heavy atom. The molecule has 11 heteroatoms.